The van der Waals surface area contributed by atoms with Crippen LogP contribution in [-0.2, 0) is 0 Å². The molecule has 1 N–H and O–H groups in total. The maximum absolute atomic E-state index is 13.3. The Bertz CT molecular complexity index is 653. The van der Waals surface area contributed by atoms with E-state index in [1.54, 1.807) is 0 Å². The number of carbonyl (C=O) groups is 1. The van der Waals surface area contributed by atoms with Gasteiger partial charge in [-0.15, -0.1) is 0 Å². The molecule has 1 heterocycles. The summed E-state index contributed by atoms with van der Waals surface area (Å²) in [6, 6.07) is 0. The molecule has 0 unspecified atom stereocenters. The molecule has 0 fully saturated rings. The normalized spacial score (nSPS) is 10.8. The molecule has 0 aliphatic carbocycles. The number of aromatic nitrogens is 1. The monoisotopic (exact) mass is 279 g/mol. The largest absolute Gasteiger partial charge is 0.476 e. The number of hydrogen-bond donors (Lipinski definition) is 1. The molecule has 0 atom stereocenters. The van der Waals surface area contributed by atoms with Crippen LogP contribution >= 0.6 is 0 Å². The summed E-state index contributed by atoms with van der Waals surface area (Å²) in [5.74, 6) is -13.6. The van der Waals surface area contributed by atoms with Crippen LogP contribution < -0.4 is 0 Å². The number of carboxylic acid groups (broad SMARTS) is 1. The lowest BCUT2D eigenvalue weighted by atomic mass is 10.1. The molecular weight excluding hydrogens is 277 g/mol. The maximum Gasteiger partial charge on any atom is 0.357 e. The van der Waals surface area contributed by atoms with Gasteiger partial charge in [0.1, 0.15) is 11.8 Å². The number of carboxylic acids is 1. The zero-order chi connectivity index (χ0) is 14.3. The molecule has 100 valence electrons. The van der Waals surface area contributed by atoms with E-state index < -0.39 is 52.2 Å². The number of halogens is 5. The van der Waals surface area contributed by atoms with Crippen molar-refractivity contribution in [3.05, 3.63) is 41.0 Å². The van der Waals surface area contributed by atoms with E-state index in [-0.39, 0.29) is 0 Å². The van der Waals surface area contributed by atoms with Gasteiger partial charge in [0.15, 0.2) is 29.0 Å². The second kappa shape index (κ2) is 4.34. The summed E-state index contributed by atoms with van der Waals surface area (Å²) in [6.07, 6.45) is 0.510. The number of rotatable bonds is 2. The summed E-state index contributed by atoms with van der Waals surface area (Å²) < 4.78 is 69.6. The highest BCUT2D eigenvalue weighted by molar-refractivity contribution is 5.85. The van der Waals surface area contributed by atoms with Crippen molar-refractivity contribution in [2.75, 3.05) is 0 Å². The van der Waals surface area contributed by atoms with E-state index in [0.717, 1.165) is 0 Å². The molecule has 0 aliphatic rings. The van der Waals surface area contributed by atoms with Crippen LogP contribution in [0.1, 0.15) is 10.5 Å². The fourth-order valence-corrected chi connectivity index (χ4v) is 1.28. The number of nitrogens with zero attached hydrogens (tertiary/aromatic N) is 1. The molecule has 4 nitrogen and oxygen atoms in total. The molecule has 0 saturated carbocycles. The molecule has 2 rings (SSSR count). The highest BCUT2D eigenvalue weighted by atomic mass is 19.2. The SMILES string of the molecule is O=C(O)c1coc(-c2c(F)c(F)c(F)c(F)c2F)n1. The first-order valence-corrected chi connectivity index (χ1v) is 4.55. The third-order valence-corrected chi connectivity index (χ3v) is 2.15. The predicted molar refractivity (Wildman–Crippen MR) is 48.7 cm³/mol. The molecule has 1 aromatic heterocycles. The fourth-order valence-electron chi connectivity index (χ4n) is 1.28. The summed E-state index contributed by atoms with van der Waals surface area (Å²) >= 11 is 0. The van der Waals surface area contributed by atoms with Gasteiger partial charge in [-0.05, 0) is 0 Å². The van der Waals surface area contributed by atoms with Crippen LogP contribution in [0.3, 0.4) is 0 Å². The van der Waals surface area contributed by atoms with Crippen molar-refractivity contribution in [1.82, 2.24) is 4.98 Å². The molecule has 0 bridgehead atoms. The third kappa shape index (κ3) is 1.92. The lowest BCUT2D eigenvalue weighted by Gasteiger charge is -2.04. The van der Waals surface area contributed by atoms with Gasteiger partial charge in [0.05, 0.1) is 0 Å². The third-order valence-electron chi connectivity index (χ3n) is 2.15. The molecule has 1 aromatic carbocycles. The first-order valence-electron chi connectivity index (χ1n) is 4.55. The molecular formula is C10H2F5NO3. The van der Waals surface area contributed by atoms with Crippen molar-refractivity contribution < 1.29 is 36.3 Å². The van der Waals surface area contributed by atoms with E-state index in [1.807, 2.05) is 0 Å². The van der Waals surface area contributed by atoms with E-state index in [2.05, 4.69) is 9.40 Å². The van der Waals surface area contributed by atoms with E-state index in [9.17, 15) is 26.7 Å². The van der Waals surface area contributed by atoms with Crippen molar-refractivity contribution in [2.24, 2.45) is 0 Å². The van der Waals surface area contributed by atoms with E-state index in [0.29, 0.717) is 6.26 Å². The van der Waals surface area contributed by atoms with Gasteiger partial charge in [-0.25, -0.2) is 31.7 Å². The van der Waals surface area contributed by atoms with Crippen LogP contribution in [0.5, 0.6) is 0 Å². The smallest absolute Gasteiger partial charge is 0.357 e. The molecule has 0 saturated heterocycles. The highest BCUT2D eigenvalue weighted by Crippen LogP contribution is 2.30. The highest BCUT2D eigenvalue weighted by Gasteiger charge is 2.29. The average Bonchev–Trinajstić information content (AvgIpc) is 2.84. The molecule has 0 amide bonds. The molecule has 9 heteroatoms. The van der Waals surface area contributed by atoms with Gasteiger partial charge in [-0.1, -0.05) is 0 Å². The van der Waals surface area contributed by atoms with Crippen LogP contribution in [0, 0.1) is 29.1 Å². The van der Waals surface area contributed by atoms with Crippen LogP contribution in [0.25, 0.3) is 11.5 Å². The van der Waals surface area contributed by atoms with E-state index in [4.69, 9.17) is 5.11 Å². The average molecular weight is 279 g/mol. The maximum atomic E-state index is 13.3. The van der Waals surface area contributed by atoms with Gasteiger partial charge >= 0.3 is 5.97 Å². The number of oxazole rings is 1. The summed E-state index contributed by atoms with van der Waals surface area (Å²) in [6.45, 7) is 0. The Morgan fingerprint density at radius 2 is 1.47 bits per heavy atom. The predicted octanol–water partition coefficient (Wildman–Crippen LogP) is 2.74. The Balaban J connectivity index is 2.71. The summed E-state index contributed by atoms with van der Waals surface area (Å²) in [4.78, 5) is 13.6. The molecule has 0 radical (unpaired) electrons. The van der Waals surface area contributed by atoms with Crippen molar-refractivity contribution >= 4 is 5.97 Å². The minimum absolute atomic E-state index is 0.510. The quantitative estimate of drug-likeness (QED) is 0.521. The van der Waals surface area contributed by atoms with Crippen LogP contribution in [0.15, 0.2) is 10.7 Å². The number of aromatic carboxylic acids is 1. The second-order valence-corrected chi connectivity index (χ2v) is 3.29. The minimum atomic E-state index is -2.33. The van der Waals surface area contributed by atoms with Crippen molar-refractivity contribution in [3.63, 3.8) is 0 Å². The van der Waals surface area contributed by atoms with Crippen molar-refractivity contribution in [3.8, 4) is 11.5 Å². The number of hydrogen-bond acceptors (Lipinski definition) is 3. The fraction of sp³-hybridized carbons (Fsp3) is 0. The van der Waals surface area contributed by atoms with Gasteiger partial charge in [0.2, 0.25) is 11.7 Å². The van der Waals surface area contributed by atoms with Crippen molar-refractivity contribution in [2.45, 2.75) is 0 Å². The Kier molecular flexibility index (Phi) is 2.97. The first-order chi connectivity index (χ1) is 8.84. The van der Waals surface area contributed by atoms with Gasteiger partial charge in [0.25, 0.3) is 0 Å². The Labute approximate surface area is 101 Å². The molecule has 0 spiro atoms. The lowest BCUT2D eigenvalue weighted by Crippen LogP contribution is -2.04. The molecule has 2 aromatic rings. The summed E-state index contributed by atoms with van der Waals surface area (Å²) in [5.41, 5.74) is -2.16. The van der Waals surface area contributed by atoms with Gasteiger partial charge < -0.3 is 9.52 Å². The Hall–Kier alpha value is -2.45. The zero-order valence-corrected chi connectivity index (χ0v) is 8.68. The molecule has 0 aliphatic heterocycles. The Morgan fingerprint density at radius 3 is 1.89 bits per heavy atom. The zero-order valence-electron chi connectivity index (χ0n) is 8.68. The number of benzene rings is 1. The van der Waals surface area contributed by atoms with Crippen LogP contribution in [-0.4, -0.2) is 16.1 Å². The van der Waals surface area contributed by atoms with Crippen LogP contribution in [0.2, 0.25) is 0 Å². The second-order valence-electron chi connectivity index (χ2n) is 3.29. The van der Waals surface area contributed by atoms with E-state index >= 15 is 0 Å². The minimum Gasteiger partial charge on any atom is -0.476 e. The van der Waals surface area contributed by atoms with Gasteiger partial charge in [-0.3, -0.25) is 0 Å². The van der Waals surface area contributed by atoms with Gasteiger partial charge in [-0.2, -0.15) is 0 Å². The standard InChI is InChI=1S/C10H2F5NO3/c11-4-3(5(12)7(14)8(15)6(4)13)9-16-2(1-19-9)10(17)18/h1H,(H,17,18). The lowest BCUT2D eigenvalue weighted by molar-refractivity contribution is 0.0690. The first kappa shape index (κ1) is 13.0. The van der Waals surface area contributed by atoms with Gasteiger partial charge in [0, 0.05) is 0 Å². The summed E-state index contributed by atoms with van der Waals surface area (Å²) in [7, 11) is 0. The van der Waals surface area contributed by atoms with Crippen LogP contribution in [0.4, 0.5) is 22.0 Å². The van der Waals surface area contributed by atoms with E-state index in [1.165, 1.54) is 0 Å². The Morgan fingerprint density at radius 1 is 1.00 bits per heavy atom. The summed E-state index contributed by atoms with van der Waals surface area (Å²) in [5, 5.41) is 8.52. The van der Waals surface area contributed by atoms with Crippen molar-refractivity contribution in [1.29, 1.82) is 0 Å². The topological polar surface area (TPSA) is 63.3 Å². The molecule has 19 heavy (non-hydrogen) atoms.